The zero-order valence-electron chi connectivity index (χ0n) is 14.5. The summed E-state index contributed by atoms with van der Waals surface area (Å²) in [7, 11) is 1.56. The Morgan fingerprint density at radius 1 is 1.00 bits per heavy atom. The van der Waals surface area contributed by atoms with Crippen molar-refractivity contribution in [2.24, 2.45) is 0 Å². The maximum absolute atomic E-state index is 12.6. The Bertz CT molecular complexity index is 928. The highest BCUT2D eigenvalue weighted by Crippen LogP contribution is 2.36. The van der Waals surface area contributed by atoms with Crippen LogP contribution in [0.25, 0.3) is 0 Å². The number of hydrogen-bond acceptors (Lipinski definition) is 3. The molecule has 138 valence electrons. The van der Waals surface area contributed by atoms with E-state index in [4.69, 9.17) is 9.47 Å². The van der Waals surface area contributed by atoms with Gasteiger partial charge in [0.25, 0.3) is 5.91 Å². The zero-order chi connectivity index (χ0) is 19.2. The highest BCUT2D eigenvalue weighted by Gasteiger charge is 2.14. The lowest BCUT2D eigenvalue weighted by molar-refractivity contribution is 0.102. The van der Waals surface area contributed by atoms with Crippen LogP contribution in [0.5, 0.6) is 11.5 Å². The van der Waals surface area contributed by atoms with Gasteiger partial charge in [-0.2, -0.15) is 0 Å². The Hall–Kier alpha value is -2.31. The molecular formula is C21H17Br2NO3. The van der Waals surface area contributed by atoms with Crippen molar-refractivity contribution in [2.75, 3.05) is 12.4 Å². The van der Waals surface area contributed by atoms with E-state index in [0.717, 1.165) is 14.5 Å². The molecule has 0 aliphatic heterocycles. The number of halogens is 2. The Balaban J connectivity index is 1.68. The number of anilines is 1. The summed E-state index contributed by atoms with van der Waals surface area (Å²) in [5.41, 5.74) is 2.19. The first kappa shape index (κ1) is 19.5. The van der Waals surface area contributed by atoms with Gasteiger partial charge < -0.3 is 14.8 Å². The zero-order valence-corrected chi connectivity index (χ0v) is 17.7. The van der Waals surface area contributed by atoms with Crippen molar-refractivity contribution in [1.82, 2.24) is 0 Å². The van der Waals surface area contributed by atoms with Gasteiger partial charge in [-0.3, -0.25) is 4.79 Å². The van der Waals surface area contributed by atoms with E-state index in [1.165, 1.54) is 0 Å². The number of amides is 1. The number of benzene rings is 3. The summed E-state index contributed by atoms with van der Waals surface area (Å²) in [6.07, 6.45) is 0. The molecule has 1 N–H and O–H groups in total. The summed E-state index contributed by atoms with van der Waals surface area (Å²) < 4.78 is 12.7. The maximum atomic E-state index is 12.6. The Labute approximate surface area is 174 Å². The molecule has 27 heavy (non-hydrogen) atoms. The fraction of sp³-hybridized carbons (Fsp3) is 0.0952. The maximum Gasteiger partial charge on any atom is 0.255 e. The lowest BCUT2D eigenvalue weighted by Gasteiger charge is -2.13. The molecule has 0 atom stereocenters. The normalized spacial score (nSPS) is 10.3. The first-order valence-corrected chi connectivity index (χ1v) is 9.76. The summed E-state index contributed by atoms with van der Waals surface area (Å²) in [6.45, 7) is 0.482. The third-order valence-corrected chi connectivity index (χ3v) is 4.93. The molecule has 0 bridgehead atoms. The molecular weight excluding hydrogens is 474 g/mol. The van der Waals surface area contributed by atoms with E-state index in [0.29, 0.717) is 29.4 Å². The van der Waals surface area contributed by atoms with Crippen molar-refractivity contribution < 1.29 is 14.3 Å². The van der Waals surface area contributed by atoms with E-state index in [-0.39, 0.29) is 5.91 Å². The van der Waals surface area contributed by atoms with E-state index < -0.39 is 0 Å². The molecule has 1 amide bonds. The number of methoxy groups -OCH3 is 1. The summed E-state index contributed by atoms with van der Waals surface area (Å²) in [6, 6.07) is 20.6. The third kappa shape index (κ3) is 5.11. The minimum Gasteiger partial charge on any atom is -0.494 e. The molecule has 0 radical (unpaired) electrons. The van der Waals surface area contributed by atoms with E-state index in [9.17, 15) is 4.79 Å². The van der Waals surface area contributed by atoms with E-state index >= 15 is 0 Å². The summed E-state index contributed by atoms with van der Waals surface area (Å²) in [5, 5.41) is 2.88. The van der Waals surface area contributed by atoms with Crippen LogP contribution >= 0.6 is 31.9 Å². The highest BCUT2D eigenvalue weighted by molar-refractivity contribution is 9.11. The van der Waals surface area contributed by atoms with E-state index in [1.54, 1.807) is 37.4 Å². The topological polar surface area (TPSA) is 47.6 Å². The average Bonchev–Trinajstić information content (AvgIpc) is 2.69. The number of rotatable bonds is 6. The molecule has 3 aromatic rings. The van der Waals surface area contributed by atoms with Gasteiger partial charge in [0.1, 0.15) is 18.1 Å². The molecule has 0 aromatic heterocycles. The van der Waals surface area contributed by atoms with Gasteiger partial charge in [0.05, 0.1) is 12.8 Å². The van der Waals surface area contributed by atoms with E-state index in [1.807, 2.05) is 36.4 Å². The van der Waals surface area contributed by atoms with Gasteiger partial charge in [0, 0.05) is 14.5 Å². The molecule has 0 fully saturated rings. The Morgan fingerprint density at radius 3 is 2.37 bits per heavy atom. The standard InChI is InChI=1S/C21H17Br2NO3/c1-26-19-12-16(22)11-18(23)20(19)24-21(25)15-7-9-17(10-8-15)27-13-14-5-3-2-4-6-14/h2-12H,13H2,1H3,(H,24,25). The number of nitrogens with one attached hydrogen (secondary N) is 1. The predicted molar refractivity (Wildman–Crippen MR) is 114 cm³/mol. The van der Waals surface area contributed by atoms with Crippen LogP contribution in [0.1, 0.15) is 15.9 Å². The fourth-order valence-electron chi connectivity index (χ4n) is 2.46. The summed E-state index contributed by atoms with van der Waals surface area (Å²) in [5.74, 6) is 1.04. The Kier molecular flexibility index (Phi) is 6.53. The quantitative estimate of drug-likeness (QED) is 0.457. The SMILES string of the molecule is COc1cc(Br)cc(Br)c1NC(=O)c1ccc(OCc2ccccc2)cc1. The van der Waals surface area contributed by atoms with Crippen molar-refractivity contribution in [3.8, 4) is 11.5 Å². The van der Waals surface area contributed by atoms with Crippen LogP contribution < -0.4 is 14.8 Å². The molecule has 0 heterocycles. The lowest BCUT2D eigenvalue weighted by atomic mass is 10.2. The molecule has 3 rings (SSSR count). The number of hydrogen-bond donors (Lipinski definition) is 1. The Morgan fingerprint density at radius 2 is 1.70 bits per heavy atom. The predicted octanol–water partition coefficient (Wildman–Crippen LogP) is 6.05. The van der Waals surface area contributed by atoms with Crippen molar-refractivity contribution in [3.63, 3.8) is 0 Å². The average molecular weight is 491 g/mol. The smallest absolute Gasteiger partial charge is 0.255 e. The minimum absolute atomic E-state index is 0.231. The van der Waals surface area contributed by atoms with Crippen molar-refractivity contribution in [1.29, 1.82) is 0 Å². The molecule has 0 aliphatic rings. The highest BCUT2D eigenvalue weighted by atomic mass is 79.9. The second-order valence-electron chi connectivity index (χ2n) is 5.72. The van der Waals surface area contributed by atoms with Crippen LogP contribution in [0.4, 0.5) is 5.69 Å². The third-order valence-electron chi connectivity index (χ3n) is 3.84. The molecule has 6 heteroatoms. The monoisotopic (exact) mass is 489 g/mol. The molecule has 0 spiro atoms. The van der Waals surface area contributed by atoms with Gasteiger partial charge in [-0.25, -0.2) is 0 Å². The van der Waals surface area contributed by atoms with Gasteiger partial charge >= 0.3 is 0 Å². The van der Waals surface area contributed by atoms with Gasteiger partial charge in [-0.1, -0.05) is 46.3 Å². The molecule has 4 nitrogen and oxygen atoms in total. The van der Waals surface area contributed by atoms with Gasteiger partial charge in [-0.15, -0.1) is 0 Å². The lowest BCUT2D eigenvalue weighted by Crippen LogP contribution is -2.13. The first-order valence-electron chi connectivity index (χ1n) is 8.18. The van der Waals surface area contributed by atoms with Gasteiger partial charge in [0.15, 0.2) is 0 Å². The van der Waals surface area contributed by atoms with Crippen LogP contribution in [0.15, 0.2) is 75.7 Å². The second kappa shape index (κ2) is 9.06. The van der Waals surface area contributed by atoms with Crippen LogP contribution in [0, 0.1) is 0 Å². The van der Waals surface area contributed by atoms with Crippen molar-refractivity contribution >= 4 is 43.5 Å². The summed E-state index contributed by atoms with van der Waals surface area (Å²) in [4.78, 5) is 12.6. The number of carbonyl (C=O) groups is 1. The van der Waals surface area contributed by atoms with Crippen LogP contribution in [0.2, 0.25) is 0 Å². The molecule has 0 saturated heterocycles. The van der Waals surface area contributed by atoms with Crippen LogP contribution in [-0.2, 0) is 6.61 Å². The van der Waals surface area contributed by atoms with Crippen LogP contribution in [-0.4, -0.2) is 13.0 Å². The minimum atomic E-state index is -0.231. The first-order chi connectivity index (χ1) is 13.1. The molecule has 3 aromatic carbocycles. The van der Waals surface area contributed by atoms with E-state index in [2.05, 4.69) is 37.2 Å². The van der Waals surface area contributed by atoms with Crippen molar-refractivity contribution in [3.05, 3.63) is 86.8 Å². The molecule has 0 aliphatic carbocycles. The molecule has 0 unspecified atom stereocenters. The largest absolute Gasteiger partial charge is 0.494 e. The van der Waals surface area contributed by atoms with Crippen molar-refractivity contribution in [2.45, 2.75) is 6.61 Å². The molecule has 0 saturated carbocycles. The van der Waals surface area contributed by atoms with Gasteiger partial charge in [0.2, 0.25) is 0 Å². The second-order valence-corrected chi connectivity index (χ2v) is 7.49. The van der Waals surface area contributed by atoms with Gasteiger partial charge in [-0.05, 0) is 57.9 Å². The fourth-order valence-corrected chi connectivity index (χ4v) is 3.75. The number of ether oxygens (including phenoxy) is 2. The summed E-state index contributed by atoms with van der Waals surface area (Å²) >= 11 is 6.85. The number of carbonyl (C=O) groups excluding carboxylic acids is 1. The van der Waals surface area contributed by atoms with Crippen LogP contribution in [0.3, 0.4) is 0 Å².